The SMILES string of the molecule is CCc1cccnc1CNc1nc(N)nc2ccccc12. The first kappa shape index (κ1) is 13.3. The number of nitrogens with zero attached hydrogens (tertiary/aromatic N) is 3. The second-order valence-corrected chi connectivity index (χ2v) is 4.76. The molecule has 0 fully saturated rings. The number of hydrogen-bond acceptors (Lipinski definition) is 5. The lowest BCUT2D eigenvalue weighted by Crippen LogP contribution is -2.08. The van der Waals surface area contributed by atoms with Crippen LogP contribution in [0.1, 0.15) is 18.2 Å². The molecule has 5 nitrogen and oxygen atoms in total. The summed E-state index contributed by atoms with van der Waals surface area (Å²) in [5.41, 5.74) is 8.87. The first-order valence-corrected chi connectivity index (χ1v) is 6.97. The van der Waals surface area contributed by atoms with E-state index in [1.54, 1.807) is 0 Å². The van der Waals surface area contributed by atoms with Crippen molar-refractivity contribution in [3.63, 3.8) is 0 Å². The Bertz CT molecular complexity index is 769. The molecule has 0 aliphatic carbocycles. The minimum atomic E-state index is 0.271. The van der Waals surface area contributed by atoms with Crippen molar-refractivity contribution in [1.29, 1.82) is 0 Å². The van der Waals surface area contributed by atoms with Crippen LogP contribution in [0.4, 0.5) is 11.8 Å². The number of pyridine rings is 1. The molecule has 106 valence electrons. The van der Waals surface area contributed by atoms with Gasteiger partial charge in [0.15, 0.2) is 0 Å². The highest BCUT2D eigenvalue weighted by molar-refractivity contribution is 5.89. The van der Waals surface area contributed by atoms with Crippen LogP contribution in [0.2, 0.25) is 0 Å². The molecule has 0 aliphatic heterocycles. The molecule has 3 N–H and O–H groups in total. The molecule has 0 aliphatic rings. The van der Waals surface area contributed by atoms with Crippen LogP contribution in [0.25, 0.3) is 10.9 Å². The minimum Gasteiger partial charge on any atom is -0.368 e. The van der Waals surface area contributed by atoms with Crippen LogP contribution in [0, 0.1) is 0 Å². The molecule has 0 unspecified atom stereocenters. The van der Waals surface area contributed by atoms with Gasteiger partial charge in [-0.15, -0.1) is 0 Å². The molecule has 0 saturated heterocycles. The molecule has 2 aromatic heterocycles. The second-order valence-electron chi connectivity index (χ2n) is 4.76. The number of nitrogen functional groups attached to an aromatic ring is 1. The van der Waals surface area contributed by atoms with E-state index in [0.717, 1.165) is 28.8 Å². The van der Waals surface area contributed by atoms with Crippen LogP contribution in [0.15, 0.2) is 42.6 Å². The third-order valence-electron chi connectivity index (χ3n) is 3.41. The average molecular weight is 279 g/mol. The van der Waals surface area contributed by atoms with Gasteiger partial charge in [-0.2, -0.15) is 4.98 Å². The summed E-state index contributed by atoms with van der Waals surface area (Å²) in [5.74, 6) is 1.01. The van der Waals surface area contributed by atoms with Gasteiger partial charge in [-0.05, 0) is 30.2 Å². The number of rotatable bonds is 4. The molecule has 3 aromatic rings. The van der Waals surface area contributed by atoms with Gasteiger partial charge in [-0.3, -0.25) is 4.98 Å². The molecule has 1 aromatic carbocycles. The number of para-hydroxylation sites is 1. The summed E-state index contributed by atoms with van der Waals surface area (Å²) >= 11 is 0. The van der Waals surface area contributed by atoms with Crippen molar-refractivity contribution in [3.8, 4) is 0 Å². The summed E-state index contributed by atoms with van der Waals surface area (Å²) in [4.78, 5) is 13.0. The van der Waals surface area contributed by atoms with Crippen LogP contribution in [-0.4, -0.2) is 15.0 Å². The van der Waals surface area contributed by atoms with Crippen molar-refractivity contribution < 1.29 is 0 Å². The van der Waals surface area contributed by atoms with E-state index in [-0.39, 0.29) is 5.95 Å². The van der Waals surface area contributed by atoms with Crippen molar-refractivity contribution >= 4 is 22.7 Å². The second kappa shape index (κ2) is 5.75. The van der Waals surface area contributed by atoms with Gasteiger partial charge in [-0.1, -0.05) is 25.1 Å². The smallest absolute Gasteiger partial charge is 0.222 e. The zero-order chi connectivity index (χ0) is 14.7. The van der Waals surface area contributed by atoms with E-state index in [2.05, 4.69) is 33.3 Å². The molecule has 0 saturated carbocycles. The number of nitrogens with one attached hydrogen (secondary N) is 1. The quantitative estimate of drug-likeness (QED) is 0.768. The Morgan fingerprint density at radius 2 is 1.95 bits per heavy atom. The maximum absolute atomic E-state index is 5.77. The fraction of sp³-hybridized carbons (Fsp3) is 0.188. The summed E-state index contributed by atoms with van der Waals surface area (Å²) in [7, 11) is 0. The van der Waals surface area contributed by atoms with Crippen LogP contribution in [0.3, 0.4) is 0 Å². The highest BCUT2D eigenvalue weighted by Gasteiger charge is 2.07. The Balaban J connectivity index is 1.92. The first-order chi connectivity index (χ1) is 10.3. The summed E-state index contributed by atoms with van der Waals surface area (Å²) in [6.45, 7) is 2.74. The predicted molar refractivity (Wildman–Crippen MR) is 84.9 cm³/mol. The van der Waals surface area contributed by atoms with Gasteiger partial charge in [0.25, 0.3) is 0 Å². The number of fused-ring (bicyclic) bond motifs is 1. The largest absolute Gasteiger partial charge is 0.368 e. The lowest BCUT2D eigenvalue weighted by Gasteiger charge is -2.11. The first-order valence-electron chi connectivity index (χ1n) is 6.97. The van der Waals surface area contributed by atoms with Gasteiger partial charge in [0.1, 0.15) is 5.82 Å². The highest BCUT2D eigenvalue weighted by Crippen LogP contribution is 2.21. The van der Waals surface area contributed by atoms with Crippen LogP contribution in [-0.2, 0) is 13.0 Å². The van der Waals surface area contributed by atoms with Crippen molar-refractivity contribution in [2.75, 3.05) is 11.1 Å². The lowest BCUT2D eigenvalue weighted by atomic mass is 10.1. The van der Waals surface area contributed by atoms with E-state index >= 15 is 0 Å². The van der Waals surface area contributed by atoms with E-state index < -0.39 is 0 Å². The highest BCUT2D eigenvalue weighted by atomic mass is 15.1. The third-order valence-corrected chi connectivity index (χ3v) is 3.41. The number of hydrogen-bond donors (Lipinski definition) is 2. The maximum Gasteiger partial charge on any atom is 0.222 e. The van der Waals surface area contributed by atoms with Crippen LogP contribution < -0.4 is 11.1 Å². The zero-order valence-electron chi connectivity index (χ0n) is 11.9. The van der Waals surface area contributed by atoms with Crippen molar-refractivity contribution in [2.24, 2.45) is 0 Å². The third kappa shape index (κ3) is 2.76. The number of anilines is 2. The Kier molecular flexibility index (Phi) is 3.64. The monoisotopic (exact) mass is 279 g/mol. The molecule has 2 heterocycles. The summed E-state index contributed by atoms with van der Waals surface area (Å²) < 4.78 is 0. The summed E-state index contributed by atoms with van der Waals surface area (Å²) in [6, 6.07) is 11.9. The molecule has 5 heteroatoms. The van der Waals surface area contributed by atoms with Gasteiger partial charge >= 0.3 is 0 Å². The minimum absolute atomic E-state index is 0.271. The number of aromatic nitrogens is 3. The normalized spacial score (nSPS) is 10.7. The Hall–Kier alpha value is -2.69. The molecule has 21 heavy (non-hydrogen) atoms. The van der Waals surface area contributed by atoms with Crippen LogP contribution in [0.5, 0.6) is 0 Å². The molecule has 0 atom stereocenters. The van der Waals surface area contributed by atoms with Gasteiger partial charge in [0.05, 0.1) is 17.8 Å². The van der Waals surface area contributed by atoms with E-state index in [4.69, 9.17) is 5.73 Å². The van der Waals surface area contributed by atoms with Crippen LogP contribution >= 0.6 is 0 Å². The fourth-order valence-corrected chi connectivity index (χ4v) is 2.35. The zero-order valence-corrected chi connectivity index (χ0v) is 11.9. The van der Waals surface area contributed by atoms with Crippen molar-refractivity contribution in [3.05, 3.63) is 53.9 Å². The summed E-state index contributed by atoms with van der Waals surface area (Å²) in [6.07, 6.45) is 2.76. The fourth-order valence-electron chi connectivity index (χ4n) is 2.35. The average Bonchev–Trinajstić information content (AvgIpc) is 2.52. The lowest BCUT2D eigenvalue weighted by molar-refractivity contribution is 0.965. The molecule has 0 spiro atoms. The Morgan fingerprint density at radius 1 is 1.10 bits per heavy atom. The van der Waals surface area contributed by atoms with Gasteiger partial charge in [0.2, 0.25) is 5.95 Å². The predicted octanol–water partition coefficient (Wildman–Crippen LogP) is 2.78. The number of benzene rings is 1. The van der Waals surface area contributed by atoms with Crippen molar-refractivity contribution in [2.45, 2.75) is 19.9 Å². The molecule has 0 bridgehead atoms. The molecular formula is C16H17N5. The molecular weight excluding hydrogens is 262 g/mol. The van der Waals surface area contributed by atoms with Gasteiger partial charge < -0.3 is 11.1 Å². The number of nitrogens with two attached hydrogens (primary N) is 1. The molecule has 0 radical (unpaired) electrons. The van der Waals surface area contributed by atoms with E-state index in [9.17, 15) is 0 Å². The standard InChI is InChI=1S/C16H17N5/c1-2-11-6-5-9-18-14(11)10-19-15-12-7-3-4-8-13(12)20-16(17)21-15/h3-9H,2,10H2,1H3,(H3,17,19,20,21). The Labute approximate surface area is 123 Å². The molecule has 3 rings (SSSR count). The van der Waals surface area contributed by atoms with Gasteiger partial charge in [0, 0.05) is 11.6 Å². The van der Waals surface area contributed by atoms with E-state index in [1.807, 2.05) is 36.5 Å². The van der Waals surface area contributed by atoms with E-state index in [0.29, 0.717) is 6.54 Å². The van der Waals surface area contributed by atoms with E-state index in [1.165, 1.54) is 5.56 Å². The number of aryl methyl sites for hydroxylation is 1. The maximum atomic E-state index is 5.77. The molecule has 0 amide bonds. The topological polar surface area (TPSA) is 76.7 Å². The Morgan fingerprint density at radius 3 is 2.81 bits per heavy atom. The van der Waals surface area contributed by atoms with Gasteiger partial charge in [-0.25, -0.2) is 4.98 Å². The summed E-state index contributed by atoms with van der Waals surface area (Å²) in [5, 5.41) is 4.28. The van der Waals surface area contributed by atoms with Crippen molar-refractivity contribution in [1.82, 2.24) is 15.0 Å².